The summed E-state index contributed by atoms with van der Waals surface area (Å²) in [4.78, 5) is 8.37. The second-order valence-corrected chi connectivity index (χ2v) is 13.1. The Balaban J connectivity index is 0.000000368. The van der Waals surface area contributed by atoms with Crippen LogP contribution in [0, 0.1) is 0 Å². The van der Waals surface area contributed by atoms with Crippen LogP contribution in [0.4, 0.5) is 36.6 Å². The third kappa shape index (κ3) is 14.8. The molecule has 0 saturated heterocycles. The first kappa shape index (κ1) is 37.1. The molecule has 0 atom stereocenters. The van der Waals surface area contributed by atoms with Crippen molar-refractivity contribution in [2.24, 2.45) is 0 Å². The van der Waals surface area contributed by atoms with Gasteiger partial charge in [-0.1, -0.05) is 102 Å². The zero-order valence-electron chi connectivity index (χ0n) is 23.9. The molecular formula is C30H33F6N3OPPt-3. The predicted molar refractivity (Wildman–Crippen MR) is 153 cm³/mol. The third-order valence-electron chi connectivity index (χ3n) is 5.34. The van der Waals surface area contributed by atoms with E-state index in [1.54, 1.807) is 12.4 Å². The summed E-state index contributed by atoms with van der Waals surface area (Å²) in [7, 11) is -10.7. The Morgan fingerprint density at radius 2 is 1.07 bits per heavy atom. The first-order valence-corrected chi connectivity index (χ1v) is 14.6. The van der Waals surface area contributed by atoms with Crippen molar-refractivity contribution in [2.45, 2.75) is 52.4 Å². The van der Waals surface area contributed by atoms with E-state index in [1.807, 2.05) is 78.9 Å². The Labute approximate surface area is 257 Å². The van der Waals surface area contributed by atoms with E-state index >= 15 is 0 Å². The second kappa shape index (κ2) is 13.1. The summed E-state index contributed by atoms with van der Waals surface area (Å²) < 4.78 is 59.2. The van der Waals surface area contributed by atoms with Gasteiger partial charge < -0.3 is 10.4 Å². The molecule has 0 aliphatic carbocycles. The van der Waals surface area contributed by atoms with Gasteiger partial charge in [0.15, 0.2) is 0 Å². The molecule has 2 aromatic heterocycles. The molecule has 0 aliphatic rings. The van der Waals surface area contributed by atoms with Crippen molar-refractivity contribution < 1.29 is 51.4 Å². The van der Waals surface area contributed by atoms with Crippen LogP contribution in [0.5, 0.6) is 5.75 Å². The minimum Gasteiger partial charge on any atom is -0.255 e. The smallest absolute Gasteiger partial charge is 0.0886 e. The van der Waals surface area contributed by atoms with Crippen molar-refractivity contribution in [2.75, 3.05) is 0 Å². The van der Waals surface area contributed by atoms with Crippen LogP contribution in [0.15, 0.2) is 91.3 Å². The average Bonchev–Trinajstić information content (AvgIpc) is 2.84. The molecule has 4 rings (SSSR count). The molecule has 4 nitrogen and oxygen atoms in total. The van der Waals surface area contributed by atoms with Crippen LogP contribution in [0.3, 0.4) is 0 Å². The number of halogens is 6. The van der Waals surface area contributed by atoms with Crippen molar-refractivity contribution in [1.29, 1.82) is 0 Å². The largest absolute Gasteiger partial charge is 0.255 e. The molecule has 42 heavy (non-hydrogen) atoms. The van der Waals surface area contributed by atoms with Crippen LogP contribution in [-0.2, 0) is 31.9 Å². The molecule has 0 unspecified atom stereocenters. The van der Waals surface area contributed by atoms with Crippen molar-refractivity contribution in [3.63, 3.8) is 0 Å². The Hall–Kier alpha value is -2.96. The van der Waals surface area contributed by atoms with E-state index in [-0.39, 0.29) is 37.6 Å². The fourth-order valence-electron chi connectivity index (χ4n) is 3.36. The van der Waals surface area contributed by atoms with E-state index in [4.69, 9.17) is 0 Å². The summed E-state index contributed by atoms with van der Waals surface area (Å²) in [5, 5.41) is 17.4. The Bertz CT molecular complexity index is 1360. The monoisotopic (exact) mass is 791 g/mol. The average molecular weight is 792 g/mol. The molecular weight excluding hydrogens is 758 g/mol. The van der Waals surface area contributed by atoms with Gasteiger partial charge in [0.05, 0.1) is 11.4 Å². The molecule has 0 radical (unpaired) electrons. The van der Waals surface area contributed by atoms with Gasteiger partial charge in [0.25, 0.3) is 0 Å². The Morgan fingerprint density at radius 1 is 0.643 bits per heavy atom. The maximum absolute atomic E-state index is 12.8. The summed E-state index contributed by atoms with van der Waals surface area (Å²) >= 11 is 0. The third-order valence-corrected chi connectivity index (χ3v) is 5.34. The molecule has 2 aromatic carbocycles. The van der Waals surface area contributed by atoms with E-state index in [0.29, 0.717) is 5.69 Å². The molecule has 0 N–H and O–H groups in total. The van der Waals surface area contributed by atoms with Crippen molar-refractivity contribution in [3.8, 4) is 17.1 Å². The first-order valence-electron chi connectivity index (χ1n) is 12.5. The molecule has 2 heterocycles. The van der Waals surface area contributed by atoms with Crippen LogP contribution in [0.25, 0.3) is 16.7 Å². The number of pyridine rings is 2. The SMILES string of the molecule is CC(C)(C)c1cc([N-]c2ccccc2)c([O-])c(C(C)(C)C)c1.F[P-](F)(F)(F)(F)F.[Pt].c1ccc(-c2ccccn2)nc1. The number of benzene rings is 2. The quantitative estimate of drug-likeness (QED) is 0.153. The zero-order chi connectivity index (χ0) is 31.2. The van der Waals surface area contributed by atoms with Crippen molar-refractivity contribution in [3.05, 3.63) is 108 Å². The maximum Gasteiger partial charge on any atom is 0.0886 e. The van der Waals surface area contributed by atoms with Crippen molar-refractivity contribution >= 4 is 19.2 Å². The van der Waals surface area contributed by atoms with Crippen LogP contribution in [-0.4, -0.2) is 9.97 Å². The van der Waals surface area contributed by atoms with E-state index < -0.39 is 7.81 Å². The summed E-state index contributed by atoms with van der Waals surface area (Å²) in [6.45, 7) is 12.7. The van der Waals surface area contributed by atoms with Gasteiger partial charge >= 0.3 is 33.0 Å². The molecule has 12 heteroatoms. The minimum absolute atomic E-state index is 0. The van der Waals surface area contributed by atoms with Crippen LogP contribution in [0.2, 0.25) is 0 Å². The standard InChI is InChI=1S/C20H26NO.C10H8N2.F6P.Pt/c1-19(2,3)14-12-16(20(4,5)6)18(22)17(13-14)21-15-10-8-7-9-11-15;1-3-7-11-9(5-1)10-6-2-4-8-12-10;1-7(2,3,4,5)6;/h7-13,22H,1-6H3;1-8H;;/q-1;;-1;/p-1. The first-order chi connectivity index (χ1) is 18.5. The number of nitrogens with zero attached hydrogens (tertiary/aromatic N) is 3. The second-order valence-electron chi connectivity index (χ2n) is 11.2. The van der Waals surface area contributed by atoms with Crippen LogP contribution in [0.1, 0.15) is 52.7 Å². The van der Waals surface area contributed by atoms with Gasteiger partial charge in [-0.05, 0) is 40.7 Å². The molecule has 0 fully saturated rings. The van der Waals surface area contributed by atoms with E-state index in [2.05, 4.69) is 56.8 Å². The molecule has 0 spiro atoms. The maximum atomic E-state index is 12.8. The zero-order valence-corrected chi connectivity index (χ0v) is 27.1. The van der Waals surface area contributed by atoms with Crippen LogP contribution < -0.4 is 5.11 Å². The van der Waals surface area contributed by atoms with Gasteiger partial charge in [0.2, 0.25) is 0 Å². The molecule has 0 aliphatic heterocycles. The predicted octanol–water partition coefficient (Wildman–Crippen LogP) is 11.2. The molecule has 234 valence electrons. The number of hydrogen-bond acceptors (Lipinski definition) is 3. The topological polar surface area (TPSA) is 62.9 Å². The van der Waals surface area contributed by atoms with Gasteiger partial charge in [-0.2, -0.15) is 0 Å². The van der Waals surface area contributed by atoms with E-state index in [0.717, 1.165) is 28.2 Å². The van der Waals surface area contributed by atoms with E-state index in [1.165, 1.54) is 0 Å². The summed E-state index contributed by atoms with van der Waals surface area (Å²) in [6, 6.07) is 25.2. The normalized spacial score (nSPS) is 13.0. The fourth-order valence-corrected chi connectivity index (χ4v) is 3.36. The van der Waals surface area contributed by atoms with Gasteiger partial charge in [-0.25, -0.2) is 0 Å². The Kier molecular flexibility index (Phi) is 11.6. The summed E-state index contributed by atoms with van der Waals surface area (Å²) in [6.07, 6.45) is 3.54. The molecule has 0 saturated carbocycles. The van der Waals surface area contributed by atoms with Gasteiger partial charge in [-0.15, -0.1) is 17.1 Å². The molecule has 0 bridgehead atoms. The number of aromatic nitrogens is 2. The Morgan fingerprint density at radius 3 is 1.43 bits per heavy atom. The number of rotatable bonds is 3. The number of para-hydroxylation sites is 1. The fraction of sp³-hybridized carbons (Fsp3) is 0.267. The van der Waals surface area contributed by atoms with Crippen LogP contribution >= 0.6 is 7.81 Å². The van der Waals surface area contributed by atoms with Crippen molar-refractivity contribution in [1.82, 2.24) is 9.97 Å². The van der Waals surface area contributed by atoms with E-state index in [9.17, 15) is 30.3 Å². The van der Waals surface area contributed by atoms with Gasteiger partial charge in [0.1, 0.15) is 0 Å². The summed E-state index contributed by atoms with van der Waals surface area (Å²) in [5.41, 5.74) is 4.93. The minimum atomic E-state index is -10.7. The summed E-state index contributed by atoms with van der Waals surface area (Å²) in [5.74, 6) is 0.0318. The van der Waals surface area contributed by atoms with Gasteiger partial charge in [0, 0.05) is 33.5 Å². The number of hydrogen-bond donors (Lipinski definition) is 0. The molecule has 0 amide bonds. The van der Waals surface area contributed by atoms with Gasteiger partial charge in [-0.3, -0.25) is 9.97 Å². The molecule has 4 aromatic rings.